The monoisotopic (exact) mass is 326 g/mol. The molecule has 1 unspecified atom stereocenters. The van der Waals surface area contributed by atoms with Crippen molar-refractivity contribution in [3.05, 3.63) is 31.7 Å². The molecule has 0 aliphatic heterocycles. The number of thiophene rings is 1. The molecule has 2 heterocycles. The third-order valence-corrected chi connectivity index (χ3v) is 5.31. The van der Waals surface area contributed by atoms with E-state index in [4.69, 9.17) is 0 Å². The molecule has 0 fully saturated rings. The summed E-state index contributed by atoms with van der Waals surface area (Å²) in [6.45, 7) is 0. The highest BCUT2D eigenvalue weighted by molar-refractivity contribution is 9.10. The minimum Gasteiger partial charge on any atom is -0.307 e. The molecule has 6 heteroatoms. The molecule has 3 rings (SSSR count). The van der Waals surface area contributed by atoms with E-state index in [0.29, 0.717) is 0 Å². The van der Waals surface area contributed by atoms with Gasteiger partial charge in [-0.2, -0.15) is 0 Å². The van der Waals surface area contributed by atoms with Crippen LogP contribution < -0.4 is 5.32 Å². The lowest BCUT2D eigenvalue weighted by Gasteiger charge is -2.14. The summed E-state index contributed by atoms with van der Waals surface area (Å²) in [6, 6.07) is 2.50. The lowest BCUT2D eigenvalue weighted by molar-refractivity contribution is 0.602. The molecule has 2 aromatic heterocycles. The first-order valence-corrected chi connectivity index (χ1v) is 7.65. The van der Waals surface area contributed by atoms with Gasteiger partial charge in [-0.15, -0.1) is 16.4 Å². The fourth-order valence-corrected chi connectivity index (χ4v) is 4.48. The van der Waals surface area contributed by atoms with E-state index >= 15 is 0 Å². The maximum Gasteiger partial charge on any atom is 0.153 e. The first kappa shape index (κ1) is 12.3. The molecule has 0 radical (unpaired) electrons. The van der Waals surface area contributed by atoms with Crippen molar-refractivity contribution in [2.45, 2.75) is 25.3 Å². The maximum absolute atomic E-state index is 4.07. The van der Waals surface area contributed by atoms with E-state index in [9.17, 15) is 0 Å². The lowest BCUT2D eigenvalue weighted by Crippen LogP contribution is -2.20. The maximum atomic E-state index is 4.07. The topological polar surface area (TPSA) is 42.7 Å². The van der Waals surface area contributed by atoms with Gasteiger partial charge in [0.25, 0.3) is 0 Å². The number of hydrogen-bond acceptors (Lipinski definition) is 4. The van der Waals surface area contributed by atoms with Crippen LogP contribution in [0.2, 0.25) is 0 Å². The number of halogens is 1. The number of nitrogens with zero attached hydrogens (tertiary/aromatic N) is 3. The van der Waals surface area contributed by atoms with Crippen molar-refractivity contribution in [3.8, 4) is 0 Å². The Morgan fingerprint density at radius 3 is 2.94 bits per heavy atom. The molecule has 0 saturated carbocycles. The Balaban J connectivity index is 2.02. The SMILES string of the molecule is CNC(c1cc2c(s1)CCC2)c1c(Br)nnn1C. The van der Waals surface area contributed by atoms with Crippen LogP contribution >= 0.6 is 27.3 Å². The van der Waals surface area contributed by atoms with Gasteiger partial charge in [0.15, 0.2) is 4.60 Å². The third kappa shape index (κ3) is 1.92. The first-order chi connectivity index (χ1) is 8.70. The molecule has 1 atom stereocenters. The summed E-state index contributed by atoms with van der Waals surface area (Å²) < 4.78 is 2.65. The quantitative estimate of drug-likeness (QED) is 0.942. The average Bonchev–Trinajstić information content (AvgIpc) is 2.99. The summed E-state index contributed by atoms with van der Waals surface area (Å²) in [5, 5.41) is 11.5. The zero-order chi connectivity index (χ0) is 12.7. The van der Waals surface area contributed by atoms with Crippen LogP contribution in [-0.4, -0.2) is 22.0 Å². The van der Waals surface area contributed by atoms with Crippen LogP contribution in [0, 0.1) is 0 Å². The number of aryl methyl sites for hydroxylation is 3. The van der Waals surface area contributed by atoms with Gasteiger partial charge in [0.1, 0.15) is 0 Å². The molecular formula is C12H15BrN4S. The van der Waals surface area contributed by atoms with E-state index in [1.165, 1.54) is 29.7 Å². The fourth-order valence-electron chi connectivity index (χ4n) is 2.55. The first-order valence-electron chi connectivity index (χ1n) is 6.04. The van der Waals surface area contributed by atoms with Gasteiger partial charge >= 0.3 is 0 Å². The van der Waals surface area contributed by atoms with Crippen molar-refractivity contribution in [3.63, 3.8) is 0 Å². The summed E-state index contributed by atoms with van der Waals surface area (Å²) in [5.74, 6) is 0. The molecule has 4 nitrogen and oxygen atoms in total. The minimum atomic E-state index is 0.162. The van der Waals surface area contributed by atoms with Crippen molar-refractivity contribution < 1.29 is 0 Å². The Bertz CT molecular complexity index is 534. The molecular weight excluding hydrogens is 312 g/mol. The van der Waals surface area contributed by atoms with Crippen molar-refractivity contribution in [2.24, 2.45) is 7.05 Å². The number of rotatable bonds is 3. The standard InChI is InChI=1S/C12H15BrN4S/c1-14-10(11-12(13)15-16-17(11)2)9-6-7-4-3-5-8(7)18-9/h6,10,14H,3-5H2,1-2H3. The largest absolute Gasteiger partial charge is 0.307 e. The van der Waals surface area contributed by atoms with Crippen LogP contribution in [0.25, 0.3) is 0 Å². The molecule has 0 aromatic carbocycles. The van der Waals surface area contributed by atoms with Crippen LogP contribution in [0.1, 0.15) is 33.5 Å². The predicted molar refractivity (Wildman–Crippen MR) is 75.9 cm³/mol. The molecule has 2 aromatic rings. The van der Waals surface area contributed by atoms with Crippen LogP contribution in [0.15, 0.2) is 10.7 Å². The molecule has 96 valence electrons. The summed E-state index contributed by atoms with van der Waals surface area (Å²) in [7, 11) is 3.91. The summed E-state index contributed by atoms with van der Waals surface area (Å²) in [6.07, 6.45) is 3.77. The second-order valence-corrected chi connectivity index (χ2v) is 6.48. The highest BCUT2D eigenvalue weighted by Gasteiger charge is 2.24. The second-order valence-electron chi connectivity index (χ2n) is 4.56. The summed E-state index contributed by atoms with van der Waals surface area (Å²) >= 11 is 5.40. The van der Waals surface area contributed by atoms with E-state index in [1.807, 2.05) is 30.1 Å². The van der Waals surface area contributed by atoms with Crippen LogP contribution in [0.3, 0.4) is 0 Å². The zero-order valence-electron chi connectivity index (χ0n) is 10.4. The average molecular weight is 327 g/mol. The Morgan fingerprint density at radius 2 is 2.33 bits per heavy atom. The van der Waals surface area contributed by atoms with Gasteiger partial charge in [-0.1, -0.05) is 5.21 Å². The summed E-state index contributed by atoms with van der Waals surface area (Å²) in [5.41, 5.74) is 2.61. The third-order valence-electron chi connectivity index (χ3n) is 3.44. The van der Waals surface area contributed by atoms with Crippen LogP contribution in [0.5, 0.6) is 0 Å². The molecule has 0 spiro atoms. The number of aromatic nitrogens is 3. The Hall–Kier alpha value is -0.720. The lowest BCUT2D eigenvalue weighted by atomic mass is 10.1. The van der Waals surface area contributed by atoms with Gasteiger partial charge in [0.05, 0.1) is 11.7 Å². The van der Waals surface area contributed by atoms with Crippen molar-refractivity contribution >= 4 is 27.3 Å². The molecule has 1 N–H and O–H groups in total. The van der Waals surface area contributed by atoms with E-state index in [2.05, 4.69) is 37.6 Å². The Kier molecular flexibility index (Phi) is 3.25. The fraction of sp³-hybridized carbons (Fsp3) is 0.500. The van der Waals surface area contributed by atoms with Gasteiger partial charge < -0.3 is 5.32 Å². The van der Waals surface area contributed by atoms with Gasteiger partial charge in [0, 0.05) is 16.8 Å². The highest BCUT2D eigenvalue weighted by atomic mass is 79.9. The van der Waals surface area contributed by atoms with Crippen molar-refractivity contribution in [2.75, 3.05) is 7.05 Å². The highest BCUT2D eigenvalue weighted by Crippen LogP contribution is 2.37. The van der Waals surface area contributed by atoms with E-state index in [1.54, 1.807) is 4.88 Å². The van der Waals surface area contributed by atoms with Crippen molar-refractivity contribution in [1.82, 2.24) is 20.3 Å². The van der Waals surface area contributed by atoms with E-state index in [0.717, 1.165) is 10.3 Å². The van der Waals surface area contributed by atoms with Gasteiger partial charge in [0.2, 0.25) is 0 Å². The van der Waals surface area contributed by atoms with Gasteiger partial charge in [-0.25, -0.2) is 4.68 Å². The number of nitrogens with one attached hydrogen (secondary N) is 1. The molecule has 1 aliphatic carbocycles. The Morgan fingerprint density at radius 1 is 1.50 bits per heavy atom. The minimum absolute atomic E-state index is 0.162. The smallest absolute Gasteiger partial charge is 0.153 e. The number of fused-ring (bicyclic) bond motifs is 1. The molecule has 18 heavy (non-hydrogen) atoms. The van der Waals surface area contributed by atoms with Crippen molar-refractivity contribution in [1.29, 1.82) is 0 Å². The van der Waals surface area contributed by atoms with Gasteiger partial charge in [-0.3, -0.25) is 0 Å². The Labute approximate surface area is 119 Å². The zero-order valence-corrected chi connectivity index (χ0v) is 12.8. The summed E-state index contributed by atoms with van der Waals surface area (Å²) in [4.78, 5) is 2.91. The molecule has 0 saturated heterocycles. The molecule has 1 aliphatic rings. The molecule has 0 amide bonds. The van der Waals surface area contributed by atoms with Gasteiger partial charge in [-0.05, 0) is 53.9 Å². The normalized spacial score (nSPS) is 15.9. The van der Waals surface area contributed by atoms with Crippen LogP contribution in [0.4, 0.5) is 0 Å². The van der Waals surface area contributed by atoms with Crippen LogP contribution in [-0.2, 0) is 19.9 Å². The number of hydrogen-bond donors (Lipinski definition) is 1. The van der Waals surface area contributed by atoms with E-state index in [-0.39, 0.29) is 6.04 Å². The van der Waals surface area contributed by atoms with E-state index < -0.39 is 0 Å². The second kappa shape index (κ2) is 4.75. The molecule has 0 bridgehead atoms. The predicted octanol–water partition coefficient (Wildman–Crippen LogP) is 2.44.